The summed E-state index contributed by atoms with van der Waals surface area (Å²) in [6.07, 6.45) is 9.79. The van der Waals surface area contributed by atoms with E-state index in [1.807, 2.05) is 0 Å². The van der Waals surface area contributed by atoms with Gasteiger partial charge in [-0.2, -0.15) is 0 Å². The molecule has 2 saturated carbocycles. The van der Waals surface area contributed by atoms with E-state index < -0.39 is 0 Å². The van der Waals surface area contributed by atoms with E-state index >= 15 is 0 Å². The van der Waals surface area contributed by atoms with Crippen LogP contribution in [0.3, 0.4) is 0 Å². The van der Waals surface area contributed by atoms with Crippen molar-refractivity contribution in [1.29, 1.82) is 0 Å². The maximum Gasteiger partial charge on any atom is 0.126 e. The van der Waals surface area contributed by atoms with Gasteiger partial charge in [0.25, 0.3) is 0 Å². The monoisotopic (exact) mass is 196 g/mol. The van der Waals surface area contributed by atoms with Crippen LogP contribution in [0.25, 0.3) is 0 Å². The minimum Gasteiger partial charge on any atom is -0.393 e. The predicted molar refractivity (Wildman–Crippen MR) is 54.9 cm³/mol. The molecule has 0 spiro atoms. The van der Waals surface area contributed by atoms with Crippen LogP contribution in [0.2, 0.25) is 0 Å². The van der Waals surface area contributed by atoms with Gasteiger partial charge in [0.1, 0.15) is 6.29 Å². The van der Waals surface area contributed by atoms with Gasteiger partial charge in [-0.15, -0.1) is 0 Å². The van der Waals surface area contributed by atoms with Crippen molar-refractivity contribution in [2.45, 2.75) is 57.5 Å². The smallest absolute Gasteiger partial charge is 0.126 e. The summed E-state index contributed by atoms with van der Waals surface area (Å²) >= 11 is 0. The Morgan fingerprint density at radius 2 is 1.86 bits per heavy atom. The van der Waals surface area contributed by atoms with Gasteiger partial charge in [-0.25, -0.2) is 0 Å². The van der Waals surface area contributed by atoms with Crippen LogP contribution < -0.4 is 0 Å². The highest BCUT2D eigenvalue weighted by Gasteiger charge is 2.39. The van der Waals surface area contributed by atoms with E-state index in [1.54, 1.807) is 0 Å². The Bertz CT molecular complexity index is 200. The van der Waals surface area contributed by atoms with E-state index in [1.165, 1.54) is 12.7 Å². The number of aliphatic hydroxyl groups excluding tert-OH is 1. The molecule has 1 N–H and O–H groups in total. The van der Waals surface area contributed by atoms with E-state index in [2.05, 4.69) is 0 Å². The first kappa shape index (κ1) is 10.2. The highest BCUT2D eigenvalue weighted by molar-refractivity contribution is 5.60. The topological polar surface area (TPSA) is 37.3 Å². The lowest BCUT2D eigenvalue weighted by Gasteiger charge is -2.40. The van der Waals surface area contributed by atoms with Crippen molar-refractivity contribution in [2.75, 3.05) is 0 Å². The number of carbonyl (C=O) groups excluding carboxylic acids is 1. The Morgan fingerprint density at radius 3 is 2.29 bits per heavy atom. The highest BCUT2D eigenvalue weighted by atomic mass is 16.3. The molecular formula is C12H20O2. The Morgan fingerprint density at radius 1 is 1.21 bits per heavy atom. The van der Waals surface area contributed by atoms with Gasteiger partial charge in [0.15, 0.2) is 0 Å². The third-order valence-electron chi connectivity index (χ3n) is 4.11. The summed E-state index contributed by atoms with van der Waals surface area (Å²) in [4.78, 5) is 11.0. The van der Waals surface area contributed by atoms with Crippen LogP contribution in [-0.2, 0) is 4.79 Å². The zero-order valence-electron chi connectivity index (χ0n) is 8.74. The van der Waals surface area contributed by atoms with Crippen molar-refractivity contribution < 1.29 is 9.90 Å². The third kappa shape index (κ3) is 2.00. The van der Waals surface area contributed by atoms with E-state index in [-0.39, 0.29) is 11.5 Å². The van der Waals surface area contributed by atoms with Gasteiger partial charge in [0, 0.05) is 5.41 Å². The van der Waals surface area contributed by atoms with Crippen LogP contribution in [0.5, 0.6) is 0 Å². The Labute approximate surface area is 85.7 Å². The zero-order chi connectivity index (χ0) is 10.0. The molecule has 2 aliphatic carbocycles. The molecule has 2 heteroatoms. The molecule has 0 aromatic heterocycles. The van der Waals surface area contributed by atoms with Gasteiger partial charge in [0.2, 0.25) is 0 Å². The average Bonchev–Trinajstić information content (AvgIpc) is 2.15. The fraction of sp³-hybridized carbons (Fsp3) is 0.917. The van der Waals surface area contributed by atoms with Crippen molar-refractivity contribution in [1.82, 2.24) is 0 Å². The molecular weight excluding hydrogens is 176 g/mol. The van der Waals surface area contributed by atoms with E-state index in [4.69, 9.17) is 0 Å². The SMILES string of the molecule is O=CC1(CC2CCC(O)CC2)CCC1. The molecule has 0 saturated heterocycles. The fourth-order valence-electron chi connectivity index (χ4n) is 2.92. The molecule has 2 aliphatic rings. The normalized spacial score (nSPS) is 36.1. The Kier molecular flexibility index (Phi) is 2.91. The molecule has 2 nitrogen and oxygen atoms in total. The number of aldehydes is 1. The first-order valence-electron chi connectivity index (χ1n) is 5.88. The highest BCUT2D eigenvalue weighted by Crippen LogP contribution is 2.46. The third-order valence-corrected chi connectivity index (χ3v) is 4.11. The van der Waals surface area contributed by atoms with Crippen molar-refractivity contribution in [3.63, 3.8) is 0 Å². The largest absolute Gasteiger partial charge is 0.393 e. The molecule has 0 aromatic rings. The standard InChI is InChI=1S/C12H20O2/c13-9-12(6-1-7-12)8-10-2-4-11(14)5-3-10/h9-11,14H,1-8H2. The molecule has 14 heavy (non-hydrogen) atoms. The molecule has 0 radical (unpaired) electrons. The molecule has 0 unspecified atom stereocenters. The first-order chi connectivity index (χ1) is 6.74. The van der Waals surface area contributed by atoms with Gasteiger partial charge in [-0.3, -0.25) is 0 Å². The van der Waals surface area contributed by atoms with Gasteiger partial charge >= 0.3 is 0 Å². The molecule has 0 aromatic carbocycles. The second-order valence-electron chi connectivity index (χ2n) is 5.21. The van der Waals surface area contributed by atoms with Gasteiger partial charge in [0.05, 0.1) is 6.10 Å². The summed E-state index contributed by atoms with van der Waals surface area (Å²) in [5, 5.41) is 9.38. The molecule has 0 amide bonds. The fourth-order valence-corrected chi connectivity index (χ4v) is 2.92. The molecule has 2 fully saturated rings. The summed E-state index contributed by atoms with van der Waals surface area (Å²) in [6.45, 7) is 0. The van der Waals surface area contributed by atoms with Gasteiger partial charge in [-0.1, -0.05) is 6.42 Å². The molecule has 0 atom stereocenters. The van der Waals surface area contributed by atoms with E-state index in [9.17, 15) is 9.90 Å². The second-order valence-corrected chi connectivity index (χ2v) is 5.21. The number of aliphatic hydroxyl groups is 1. The van der Waals surface area contributed by atoms with Crippen molar-refractivity contribution in [3.05, 3.63) is 0 Å². The van der Waals surface area contributed by atoms with Gasteiger partial charge in [-0.05, 0) is 50.9 Å². The summed E-state index contributed by atoms with van der Waals surface area (Å²) in [5.74, 6) is 0.698. The molecule has 80 valence electrons. The van der Waals surface area contributed by atoms with Crippen LogP contribution in [0, 0.1) is 11.3 Å². The van der Waals surface area contributed by atoms with E-state index in [0.29, 0.717) is 5.92 Å². The van der Waals surface area contributed by atoms with Crippen LogP contribution >= 0.6 is 0 Å². The van der Waals surface area contributed by atoms with Crippen LogP contribution in [0.15, 0.2) is 0 Å². The summed E-state index contributed by atoms with van der Waals surface area (Å²) in [7, 11) is 0. The average molecular weight is 196 g/mol. The maximum absolute atomic E-state index is 11.0. The molecule has 0 heterocycles. The first-order valence-corrected chi connectivity index (χ1v) is 5.88. The molecule has 2 rings (SSSR count). The quantitative estimate of drug-likeness (QED) is 0.703. The predicted octanol–water partition coefficient (Wildman–Crippen LogP) is 2.30. The number of hydrogen-bond donors (Lipinski definition) is 1. The van der Waals surface area contributed by atoms with Crippen molar-refractivity contribution in [3.8, 4) is 0 Å². The Hall–Kier alpha value is -0.370. The van der Waals surface area contributed by atoms with Crippen LogP contribution in [0.4, 0.5) is 0 Å². The lowest BCUT2D eigenvalue weighted by molar-refractivity contribution is -0.122. The lowest BCUT2D eigenvalue weighted by atomic mass is 9.63. The molecule has 0 bridgehead atoms. The van der Waals surface area contributed by atoms with Crippen molar-refractivity contribution in [2.24, 2.45) is 11.3 Å². The van der Waals surface area contributed by atoms with Crippen molar-refractivity contribution >= 4 is 6.29 Å². The summed E-state index contributed by atoms with van der Waals surface area (Å²) in [6, 6.07) is 0. The number of carbonyl (C=O) groups is 1. The minimum atomic E-state index is -0.0696. The van der Waals surface area contributed by atoms with Gasteiger partial charge < -0.3 is 9.90 Å². The second kappa shape index (κ2) is 4.01. The number of hydrogen-bond acceptors (Lipinski definition) is 2. The van der Waals surface area contributed by atoms with Crippen LogP contribution in [-0.4, -0.2) is 17.5 Å². The van der Waals surface area contributed by atoms with Crippen LogP contribution in [0.1, 0.15) is 51.4 Å². The summed E-state index contributed by atoms with van der Waals surface area (Å²) in [5.41, 5.74) is 0.0486. The summed E-state index contributed by atoms with van der Waals surface area (Å²) < 4.78 is 0. The molecule has 0 aliphatic heterocycles. The number of rotatable bonds is 3. The Balaban J connectivity index is 1.82. The maximum atomic E-state index is 11.0. The van der Waals surface area contributed by atoms with E-state index in [0.717, 1.165) is 44.9 Å². The minimum absolute atomic E-state index is 0.0486. The lowest BCUT2D eigenvalue weighted by Crippen LogP contribution is -2.34. The zero-order valence-corrected chi connectivity index (χ0v) is 8.74.